The van der Waals surface area contributed by atoms with Gasteiger partial charge in [0.15, 0.2) is 6.20 Å². The van der Waals surface area contributed by atoms with Crippen molar-refractivity contribution >= 4 is 43.7 Å². The fourth-order valence-corrected chi connectivity index (χ4v) is 4.37. The van der Waals surface area contributed by atoms with E-state index in [4.69, 9.17) is 16.2 Å². The Bertz CT molecular complexity index is 1260. The molecule has 1 unspecified atom stereocenters. The molecular weight excluding hydrogens is 703 g/mol. The number of carbonyl (C=O) groups excluding carboxylic acids is 1. The maximum absolute atomic E-state index is 12.2. The van der Waals surface area contributed by atoms with Crippen molar-refractivity contribution in [3.63, 3.8) is 0 Å². The molecule has 36 heavy (non-hydrogen) atoms. The third-order valence-corrected chi connectivity index (χ3v) is 6.53. The first-order chi connectivity index (χ1) is 16.5. The average molecular weight is 734 g/mol. The number of fused-ring (bicyclic) bond motifs is 3. The van der Waals surface area contributed by atoms with Crippen LogP contribution in [0.3, 0.4) is 0 Å². The van der Waals surface area contributed by atoms with Crippen LogP contribution in [0.4, 0.5) is 0 Å². The van der Waals surface area contributed by atoms with Gasteiger partial charge in [-0.1, -0.05) is 65.9 Å². The van der Waals surface area contributed by atoms with E-state index in [-0.39, 0.29) is 57.7 Å². The summed E-state index contributed by atoms with van der Waals surface area (Å²) in [6.45, 7) is 0.155. The van der Waals surface area contributed by atoms with Crippen molar-refractivity contribution in [3.8, 4) is 0 Å². The van der Waals surface area contributed by atoms with Crippen molar-refractivity contribution in [2.24, 2.45) is 0 Å². The molecule has 7 nitrogen and oxygen atoms in total. The van der Waals surface area contributed by atoms with Crippen LogP contribution in [0.25, 0.3) is 33.3 Å². The number of rotatable bonds is 4. The van der Waals surface area contributed by atoms with E-state index in [0.29, 0.717) is 0 Å². The summed E-state index contributed by atoms with van der Waals surface area (Å²) in [5.74, 6) is -0.259. The minimum Gasteiger partial charge on any atom is -0.676 e. The molecule has 1 fully saturated rings. The summed E-state index contributed by atoms with van der Waals surface area (Å²) >= 11 is 3.39. The third kappa shape index (κ3) is 7.89. The van der Waals surface area contributed by atoms with Crippen molar-refractivity contribution in [2.75, 3.05) is 0 Å². The maximum Gasteiger partial charge on any atom is 2.00 e. The van der Waals surface area contributed by atoms with Gasteiger partial charge in [-0.05, 0) is 35.9 Å². The first kappa shape index (κ1) is 30.0. The molecule has 2 heterocycles. The molecule has 0 aliphatic heterocycles. The second-order valence-corrected chi connectivity index (χ2v) is 9.42. The van der Waals surface area contributed by atoms with Gasteiger partial charge in [-0.15, -0.1) is 0 Å². The summed E-state index contributed by atoms with van der Waals surface area (Å²) in [5.41, 5.74) is 17.4. The molecule has 1 aliphatic rings. The van der Waals surface area contributed by atoms with Gasteiger partial charge in [0.2, 0.25) is 5.52 Å². The first-order valence-corrected chi connectivity index (χ1v) is 12.3. The Labute approximate surface area is 233 Å². The Hall–Kier alpha value is -2.22. The van der Waals surface area contributed by atoms with E-state index in [1.807, 2.05) is 59.3 Å². The predicted molar refractivity (Wildman–Crippen MR) is 142 cm³/mol. The Balaban J connectivity index is 0.000000393. The number of halogens is 1. The topological polar surface area (TPSA) is 122 Å². The monoisotopic (exact) mass is 732 g/mol. The maximum atomic E-state index is 12.2. The quantitative estimate of drug-likeness (QED) is 0.151. The second-order valence-electron chi connectivity index (χ2n) is 8.50. The second kappa shape index (κ2) is 14.5. The smallest absolute Gasteiger partial charge is 0.676 e. The predicted octanol–water partition coefficient (Wildman–Crippen LogP) is 5.76. The van der Waals surface area contributed by atoms with Crippen LogP contribution >= 0.6 is 15.9 Å². The van der Waals surface area contributed by atoms with Gasteiger partial charge in [-0.2, -0.15) is 16.7 Å². The van der Waals surface area contributed by atoms with Gasteiger partial charge >= 0.3 is 27.0 Å². The van der Waals surface area contributed by atoms with Crippen molar-refractivity contribution in [3.05, 3.63) is 94.6 Å². The molecular formula is C27H30BrN4O3Pt+. The van der Waals surface area contributed by atoms with E-state index < -0.39 is 0 Å². The Morgan fingerprint density at radius 2 is 1.61 bits per heavy atom. The minimum absolute atomic E-state index is 0. The number of carbonyl (C=O) groups is 1. The molecule has 1 aliphatic carbocycles. The van der Waals surface area contributed by atoms with Gasteiger partial charge in [0.25, 0.3) is 6.73 Å². The summed E-state index contributed by atoms with van der Waals surface area (Å²) < 4.78 is 8.41. The van der Waals surface area contributed by atoms with Crippen molar-refractivity contribution in [1.29, 1.82) is 0 Å². The molecule has 4 N–H and O–H groups in total. The largest absolute Gasteiger partial charge is 2.00 e. The fourth-order valence-electron chi connectivity index (χ4n) is 4.11. The normalized spacial score (nSPS) is 16.8. The van der Waals surface area contributed by atoms with Crippen molar-refractivity contribution < 1.29 is 40.6 Å². The molecule has 5 rings (SSSR count). The summed E-state index contributed by atoms with van der Waals surface area (Å²) in [6.07, 6.45) is 8.18. The molecule has 2 atom stereocenters. The summed E-state index contributed by atoms with van der Waals surface area (Å²) in [6, 6.07) is 19.5. The van der Waals surface area contributed by atoms with Gasteiger partial charge in [0, 0.05) is 27.5 Å². The van der Waals surface area contributed by atoms with Crippen LogP contribution in [-0.4, -0.2) is 28.5 Å². The van der Waals surface area contributed by atoms with E-state index in [0.717, 1.165) is 44.7 Å². The molecule has 9 heteroatoms. The molecule has 0 amide bonds. The fraction of sp³-hybridized carbons (Fsp3) is 0.296. The zero-order valence-electron chi connectivity index (χ0n) is 19.7. The standard InChI is InChI=1S/C21H16BrN2O2.C6H12N2.H2O.Pt/c22-18-9-5-15(6-10-18)13-19(25)26-14-24-12-2-4-17-8-7-16-3-1-11-23-20(16)21(17)24;7-5-3-1-2-4-6(5)8;;/h1-12H,13-14H2;5-8H,1-4H2;1H2;/q+1;-2;;+2/t;5-,6?;;/m.0../s1. The van der Waals surface area contributed by atoms with Gasteiger partial charge in [0.05, 0.1) is 6.42 Å². The first-order valence-electron chi connectivity index (χ1n) is 11.5. The number of nitrogens with one attached hydrogen (secondary N) is 2. The van der Waals surface area contributed by atoms with Crippen LogP contribution in [0.1, 0.15) is 31.2 Å². The molecule has 192 valence electrons. The molecule has 2 aromatic heterocycles. The van der Waals surface area contributed by atoms with Crippen molar-refractivity contribution in [1.82, 2.24) is 4.98 Å². The minimum atomic E-state index is -0.259. The van der Waals surface area contributed by atoms with Gasteiger partial charge < -0.3 is 21.7 Å². The number of esters is 1. The SMILES string of the molecule is O.O=C(Cc1ccc(Br)cc1)OC[n+]1cccc2ccc3cccnc3c21.[NH-]C1CCCC[C@@H]1[NH-].[Pt+2]. The number of hydrogen-bond acceptors (Lipinski definition) is 3. The van der Waals surface area contributed by atoms with E-state index in [1.54, 1.807) is 6.20 Å². The summed E-state index contributed by atoms with van der Waals surface area (Å²) in [5, 5.41) is 2.11. The van der Waals surface area contributed by atoms with Gasteiger partial charge in [-0.25, -0.2) is 4.98 Å². The van der Waals surface area contributed by atoms with Crippen LogP contribution in [0, 0.1) is 0 Å². The molecule has 1 saturated carbocycles. The molecule has 0 spiro atoms. The van der Waals surface area contributed by atoms with E-state index in [9.17, 15) is 4.79 Å². The summed E-state index contributed by atoms with van der Waals surface area (Å²) in [7, 11) is 0. The van der Waals surface area contributed by atoms with Crippen molar-refractivity contribution in [2.45, 2.75) is 50.9 Å². The summed E-state index contributed by atoms with van der Waals surface area (Å²) in [4.78, 5) is 16.7. The number of benzene rings is 2. The molecule has 4 aromatic rings. The zero-order chi connectivity index (χ0) is 23.9. The Morgan fingerprint density at radius 3 is 2.28 bits per heavy atom. The number of hydrogen-bond donors (Lipinski definition) is 0. The number of nitrogens with zero attached hydrogens (tertiary/aromatic N) is 2. The van der Waals surface area contributed by atoms with Crippen LogP contribution in [-0.2, 0) is 43.7 Å². The van der Waals surface area contributed by atoms with Gasteiger partial charge in [-0.3, -0.25) is 4.79 Å². The van der Waals surface area contributed by atoms with E-state index in [1.165, 1.54) is 12.8 Å². The van der Waals surface area contributed by atoms with Gasteiger partial charge in [0.1, 0.15) is 5.52 Å². The molecule has 0 bridgehead atoms. The number of pyridine rings is 2. The number of aromatic nitrogens is 2. The van der Waals surface area contributed by atoms with Crippen LogP contribution in [0.5, 0.6) is 0 Å². The Morgan fingerprint density at radius 1 is 0.972 bits per heavy atom. The zero-order valence-corrected chi connectivity index (χ0v) is 23.6. The molecule has 0 radical (unpaired) electrons. The van der Waals surface area contributed by atoms with Crippen LogP contribution < -0.4 is 4.57 Å². The van der Waals surface area contributed by atoms with Crippen LogP contribution in [0.2, 0.25) is 0 Å². The van der Waals surface area contributed by atoms with Crippen LogP contribution in [0.15, 0.2) is 77.5 Å². The number of ether oxygens (including phenoxy) is 1. The molecule has 0 saturated heterocycles. The van der Waals surface area contributed by atoms with E-state index in [2.05, 4.69) is 33.0 Å². The third-order valence-electron chi connectivity index (χ3n) is 6.00. The molecule has 2 aromatic carbocycles. The average Bonchev–Trinajstić information content (AvgIpc) is 2.86. The Kier molecular flexibility index (Phi) is 12.1. The van der Waals surface area contributed by atoms with E-state index >= 15 is 0 Å².